The maximum absolute atomic E-state index is 12.4. The van der Waals surface area contributed by atoms with Crippen molar-refractivity contribution in [3.8, 4) is 0 Å². The van der Waals surface area contributed by atoms with E-state index in [-0.39, 0.29) is 56.8 Å². The molecule has 10 nitrogen and oxygen atoms in total. The predicted octanol–water partition coefficient (Wildman–Crippen LogP) is 2.55. The molecule has 45 heavy (non-hydrogen) atoms. The number of hydrogen-bond acceptors (Lipinski definition) is 10. The van der Waals surface area contributed by atoms with Crippen molar-refractivity contribution in [3.63, 3.8) is 0 Å². The maximum Gasteiger partial charge on any atom is 0.331 e. The predicted molar refractivity (Wildman–Crippen MR) is 174 cm³/mol. The number of aliphatic hydroxyl groups is 8. The number of aliphatic hydroxyl groups excluding tert-OH is 8. The van der Waals surface area contributed by atoms with Gasteiger partial charge in [0.05, 0.1) is 48.8 Å². The molecule has 10 atom stereocenters. The van der Waals surface area contributed by atoms with Crippen molar-refractivity contribution in [2.45, 2.75) is 127 Å². The molecule has 1 heterocycles. The lowest BCUT2D eigenvalue weighted by atomic mass is 9.93. The summed E-state index contributed by atoms with van der Waals surface area (Å²) in [6, 6.07) is 0. The van der Waals surface area contributed by atoms with Gasteiger partial charge in [0.25, 0.3) is 0 Å². The van der Waals surface area contributed by atoms with Gasteiger partial charge in [0.1, 0.15) is 6.10 Å². The van der Waals surface area contributed by atoms with Crippen LogP contribution < -0.4 is 0 Å². The maximum atomic E-state index is 12.4. The molecule has 10 heteroatoms. The summed E-state index contributed by atoms with van der Waals surface area (Å²) in [5.74, 6) is -0.714. The molecule has 0 aromatic heterocycles. The van der Waals surface area contributed by atoms with E-state index in [0.717, 1.165) is 0 Å². The van der Waals surface area contributed by atoms with Crippen LogP contribution in [0.25, 0.3) is 0 Å². The standard InChI is InChI=1S/C35H56O10/c1-24(2)35-25(3)15-16-27(37)18-29(39)20-31(41)22-33(43)23-32(42)21-30(40)19-28(38)17-26(36)13-11-9-7-5-4-6-8-10-12-14-34(44)45-35/h4-12,14-16,24-33,35-43H,13,17-23H2,1-3H3/t25-,26-,27-,28-,29-,30-,31+,32-,33-,35-/m0/s1. The molecule has 1 aliphatic rings. The highest BCUT2D eigenvalue weighted by atomic mass is 16.5. The Labute approximate surface area is 268 Å². The highest BCUT2D eigenvalue weighted by Crippen LogP contribution is 2.20. The molecule has 0 aromatic carbocycles. The molecule has 0 amide bonds. The summed E-state index contributed by atoms with van der Waals surface area (Å²) in [5.41, 5.74) is 0. The molecule has 0 aromatic rings. The summed E-state index contributed by atoms with van der Waals surface area (Å²) in [4.78, 5) is 12.4. The molecule has 0 aliphatic carbocycles. The lowest BCUT2D eigenvalue weighted by Gasteiger charge is -2.25. The topological polar surface area (TPSA) is 188 Å². The third kappa shape index (κ3) is 20.4. The van der Waals surface area contributed by atoms with Crippen molar-refractivity contribution < 1.29 is 50.4 Å². The first kappa shape index (κ1) is 40.6. The molecule has 0 saturated carbocycles. The largest absolute Gasteiger partial charge is 0.458 e. The van der Waals surface area contributed by atoms with Gasteiger partial charge in [-0.3, -0.25) is 0 Å². The zero-order valence-electron chi connectivity index (χ0n) is 26.8. The van der Waals surface area contributed by atoms with Crippen LogP contribution in [0, 0.1) is 11.8 Å². The molecule has 0 bridgehead atoms. The van der Waals surface area contributed by atoms with Crippen molar-refractivity contribution in [1.82, 2.24) is 0 Å². The molecule has 8 N–H and O–H groups in total. The van der Waals surface area contributed by atoms with Gasteiger partial charge >= 0.3 is 5.97 Å². The minimum absolute atomic E-state index is 0.00472. The van der Waals surface area contributed by atoms with Gasteiger partial charge in [0.2, 0.25) is 0 Å². The second-order valence-electron chi connectivity index (χ2n) is 12.4. The van der Waals surface area contributed by atoms with E-state index < -0.39 is 60.9 Å². The van der Waals surface area contributed by atoms with Gasteiger partial charge in [-0.15, -0.1) is 0 Å². The van der Waals surface area contributed by atoms with E-state index in [1.54, 1.807) is 60.8 Å². The Morgan fingerprint density at radius 3 is 1.44 bits per heavy atom. The number of allylic oxidation sites excluding steroid dienone is 8. The van der Waals surface area contributed by atoms with Crippen molar-refractivity contribution >= 4 is 5.97 Å². The van der Waals surface area contributed by atoms with Crippen molar-refractivity contribution in [3.05, 3.63) is 72.9 Å². The van der Waals surface area contributed by atoms with Crippen LogP contribution >= 0.6 is 0 Å². The Morgan fingerprint density at radius 1 is 0.578 bits per heavy atom. The van der Waals surface area contributed by atoms with Crippen LogP contribution in [0.2, 0.25) is 0 Å². The van der Waals surface area contributed by atoms with E-state index in [1.165, 1.54) is 12.2 Å². The summed E-state index contributed by atoms with van der Waals surface area (Å²) in [5, 5.41) is 82.4. The number of cyclic esters (lactones) is 1. The summed E-state index contributed by atoms with van der Waals surface area (Å²) < 4.78 is 5.64. The normalized spacial score (nSPS) is 35.1. The van der Waals surface area contributed by atoms with E-state index in [1.807, 2.05) is 20.8 Å². The fourth-order valence-electron chi connectivity index (χ4n) is 5.19. The minimum Gasteiger partial charge on any atom is -0.458 e. The highest BCUT2D eigenvalue weighted by Gasteiger charge is 2.25. The molecular formula is C35H56O10. The first-order chi connectivity index (χ1) is 21.3. The number of carbonyl (C=O) groups excluding carboxylic acids is 1. The van der Waals surface area contributed by atoms with E-state index in [9.17, 15) is 45.6 Å². The van der Waals surface area contributed by atoms with Crippen LogP contribution in [0.15, 0.2) is 72.9 Å². The van der Waals surface area contributed by atoms with Gasteiger partial charge in [-0.25, -0.2) is 4.79 Å². The summed E-state index contributed by atoms with van der Waals surface area (Å²) in [6.45, 7) is 5.72. The number of ether oxygens (including phenoxy) is 1. The number of hydrogen-bond donors (Lipinski definition) is 8. The Morgan fingerprint density at radius 2 is 0.978 bits per heavy atom. The first-order valence-electron chi connectivity index (χ1n) is 15.9. The molecule has 256 valence electrons. The molecule has 1 rings (SSSR count). The van der Waals surface area contributed by atoms with Crippen LogP contribution in [0.4, 0.5) is 0 Å². The molecular weight excluding hydrogens is 580 g/mol. The van der Waals surface area contributed by atoms with Gasteiger partial charge in [0.15, 0.2) is 0 Å². The van der Waals surface area contributed by atoms with Crippen LogP contribution in [0.3, 0.4) is 0 Å². The van der Waals surface area contributed by atoms with Gasteiger partial charge in [-0.2, -0.15) is 0 Å². The van der Waals surface area contributed by atoms with E-state index in [2.05, 4.69) is 0 Å². The van der Waals surface area contributed by atoms with Gasteiger partial charge in [-0.05, 0) is 50.9 Å². The average Bonchev–Trinajstić information content (AvgIpc) is 2.91. The fourth-order valence-corrected chi connectivity index (χ4v) is 5.19. The lowest BCUT2D eigenvalue weighted by Crippen LogP contribution is -2.30. The van der Waals surface area contributed by atoms with Crippen LogP contribution in [-0.4, -0.2) is 102 Å². The number of carbonyl (C=O) groups is 1. The van der Waals surface area contributed by atoms with Crippen molar-refractivity contribution in [2.75, 3.05) is 0 Å². The Balaban J connectivity index is 2.93. The summed E-state index contributed by atoms with van der Waals surface area (Å²) in [7, 11) is 0. The second kappa shape index (κ2) is 23.0. The van der Waals surface area contributed by atoms with Gasteiger partial charge < -0.3 is 45.6 Å². The van der Waals surface area contributed by atoms with Gasteiger partial charge in [-0.1, -0.05) is 87.6 Å². The van der Waals surface area contributed by atoms with E-state index in [0.29, 0.717) is 6.42 Å². The molecule has 0 fully saturated rings. The highest BCUT2D eigenvalue weighted by molar-refractivity contribution is 5.82. The SMILES string of the molecule is CC(C)[C@@H]1OC(=O)C=CC=CC=CC=CC=CC[C@H](O)C[C@H](O)C[C@H](O)C[C@H](O)C[C@@H](O)C[C@H](O)C[C@@H](O)C[C@@H](O)C=C[C@@H]1C. The molecule has 0 saturated heterocycles. The second-order valence-corrected chi connectivity index (χ2v) is 12.4. The average molecular weight is 637 g/mol. The van der Waals surface area contributed by atoms with Crippen LogP contribution in [-0.2, 0) is 9.53 Å². The fraction of sp³-hybridized carbons (Fsp3) is 0.629. The van der Waals surface area contributed by atoms with E-state index in [4.69, 9.17) is 4.74 Å². The molecule has 1 aliphatic heterocycles. The first-order valence-corrected chi connectivity index (χ1v) is 15.9. The van der Waals surface area contributed by atoms with Crippen LogP contribution in [0.1, 0.15) is 72.1 Å². The van der Waals surface area contributed by atoms with Crippen LogP contribution in [0.5, 0.6) is 0 Å². The third-order valence-electron chi connectivity index (χ3n) is 7.40. The third-order valence-corrected chi connectivity index (χ3v) is 7.40. The molecule has 0 radical (unpaired) electrons. The number of esters is 1. The zero-order chi connectivity index (χ0) is 33.8. The quantitative estimate of drug-likeness (QED) is 0.157. The monoisotopic (exact) mass is 636 g/mol. The summed E-state index contributed by atoms with van der Waals surface area (Å²) in [6.07, 6.45) is 11.4. The van der Waals surface area contributed by atoms with Crippen molar-refractivity contribution in [2.24, 2.45) is 11.8 Å². The Kier molecular flexibility index (Phi) is 20.8. The zero-order valence-corrected chi connectivity index (χ0v) is 26.8. The van der Waals surface area contributed by atoms with Crippen molar-refractivity contribution in [1.29, 1.82) is 0 Å². The van der Waals surface area contributed by atoms with E-state index >= 15 is 0 Å². The molecule has 0 unspecified atom stereocenters. The smallest absolute Gasteiger partial charge is 0.331 e. The molecule has 0 spiro atoms. The lowest BCUT2D eigenvalue weighted by molar-refractivity contribution is -0.147. The van der Waals surface area contributed by atoms with Gasteiger partial charge in [0, 0.05) is 18.4 Å². The Bertz CT molecular complexity index is 985. The number of rotatable bonds is 1. The summed E-state index contributed by atoms with van der Waals surface area (Å²) >= 11 is 0. The minimum atomic E-state index is -1.10. The Hall–Kier alpha value is -2.41.